The minimum absolute atomic E-state index is 0.541. The summed E-state index contributed by atoms with van der Waals surface area (Å²) in [5, 5.41) is 4.08. The van der Waals surface area contributed by atoms with Crippen molar-refractivity contribution in [3.63, 3.8) is 0 Å². The van der Waals surface area contributed by atoms with Crippen LogP contribution in [0.25, 0.3) is 0 Å². The molecular weight excluding hydrogens is 290 g/mol. The molecule has 106 valence electrons. The number of nitrogens with zero attached hydrogens (tertiary/aromatic N) is 1. The monoisotopic (exact) mass is 307 g/mol. The summed E-state index contributed by atoms with van der Waals surface area (Å²) < 4.78 is 0.609. The lowest BCUT2D eigenvalue weighted by Gasteiger charge is -2.10. The quantitative estimate of drug-likeness (QED) is 0.793. The Morgan fingerprint density at radius 1 is 1.30 bits per heavy atom. The van der Waals surface area contributed by atoms with Gasteiger partial charge in [-0.3, -0.25) is 0 Å². The Kier molecular flexibility index (Phi) is 5.15. The van der Waals surface area contributed by atoms with Gasteiger partial charge in [-0.2, -0.15) is 0 Å². The summed E-state index contributed by atoms with van der Waals surface area (Å²) in [4.78, 5) is 7.63. The van der Waals surface area contributed by atoms with Crippen LogP contribution in [0.1, 0.15) is 25.2 Å². The molecule has 0 radical (unpaired) electrons. The molecule has 2 aromatic rings. The number of halogens is 1. The number of benzene rings is 1. The topological polar surface area (TPSA) is 40.7 Å². The van der Waals surface area contributed by atoms with E-state index in [2.05, 4.69) is 29.1 Å². The van der Waals surface area contributed by atoms with Crippen molar-refractivity contribution in [1.29, 1.82) is 0 Å². The molecule has 0 aliphatic heterocycles. The second-order valence-corrected chi connectivity index (χ2v) is 6.01. The molecule has 0 amide bonds. The zero-order valence-corrected chi connectivity index (χ0v) is 13.2. The van der Waals surface area contributed by atoms with E-state index < -0.39 is 0 Å². The van der Waals surface area contributed by atoms with Gasteiger partial charge in [-0.05, 0) is 23.6 Å². The van der Waals surface area contributed by atoms with Crippen molar-refractivity contribution >= 4 is 29.6 Å². The van der Waals surface area contributed by atoms with E-state index in [-0.39, 0.29) is 0 Å². The molecule has 0 fully saturated rings. The molecule has 0 bridgehead atoms. The Morgan fingerprint density at radius 3 is 2.65 bits per heavy atom. The van der Waals surface area contributed by atoms with E-state index >= 15 is 0 Å². The zero-order chi connectivity index (χ0) is 14.5. The van der Waals surface area contributed by atoms with E-state index in [0.717, 1.165) is 28.6 Å². The maximum absolute atomic E-state index is 5.87. The normalized spacial score (nSPS) is 10.8. The number of aromatic nitrogens is 2. The van der Waals surface area contributed by atoms with Gasteiger partial charge in [0.2, 0.25) is 0 Å². The largest absolute Gasteiger partial charge is 0.367 e. The lowest BCUT2D eigenvalue weighted by Crippen LogP contribution is -2.06. The minimum Gasteiger partial charge on any atom is -0.367 e. The van der Waals surface area contributed by atoms with Gasteiger partial charge in [0.25, 0.3) is 0 Å². The molecular formula is C15H18ClN3S. The molecule has 0 unspecified atom stereocenters. The fourth-order valence-corrected chi connectivity index (χ4v) is 2.24. The summed E-state index contributed by atoms with van der Waals surface area (Å²) in [6, 6.07) is 9.62. The Hall–Kier alpha value is -1.39. The summed E-state index contributed by atoms with van der Waals surface area (Å²) in [5.41, 5.74) is 1.16. The van der Waals surface area contributed by atoms with Gasteiger partial charge in [-0.1, -0.05) is 49.8 Å². The first-order valence-electron chi connectivity index (χ1n) is 6.61. The highest BCUT2D eigenvalue weighted by molar-refractivity contribution is 7.71. The van der Waals surface area contributed by atoms with Crippen LogP contribution in [0.2, 0.25) is 5.02 Å². The molecule has 2 rings (SSSR count). The van der Waals surface area contributed by atoms with Crippen LogP contribution in [0, 0.1) is 10.6 Å². The average molecular weight is 308 g/mol. The predicted molar refractivity (Wildman–Crippen MR) is 86.7 cm³/mol. The molecule has 2 N–H and O–H groups in total. The second-order valence-electron chi connectivity index (χ2n) is 5.16. The van der Waals surface area contributed by atoms with Gasteiger partial charge in [0.1, 0.15) is 16.3 Å². The van der Waals surface area contributed by atoms with E-state index in [1.54, 1.807) is 0 Å². The van der Waals surface area contributed by atoms with E-state index in [1.807, 2.05) is 30.3 Å². The number of aromatic amines is 1. The van der Waals surface area contributed by atoms with E-state index in [4.69, 9.17) is 23.8 Å². The molecule has 3 nitrogen and oxygen atoms in total. The molecule has 1 aromatic carbocycles. The smallest absolute Gasteiger partial charge is 0.131 e. The van der Waals surface area contributed by atoms with Crippen LogP contribution in [-0.2, 0) is 13.0 Å². The van der Waals surface area contributed by atoms with Crippen LogP contribution in [0.3, 0.4) is 0 Å². The molecule has 1 aromatic heterocycles. The molecule has 0 aliphatic rings. The van der Waals surface area contributed by atoms with Crippen molar-refractivity contribution in [2.75, 3.05) is 5.32 Å². The summed E-state index contributed by atoms with van der Waals surface area (Å²) in [5.74, 6) is 2.36. The van der Waals surface area contributed by atoms with Gasteiger partial charge in [0.15, 0.2) is 0 Å². The second kappa shape index (κ2) is 6.86. The van der Waals surface area contributed by atoms with E-state index in [9.17, 15) is 0 Å². The number of anilines is 1. The van der Waals surface area contributed by atoms with Crippen molar-refractivity contribution in [1.82, 2.24) is 9.97 Å². The van der Waals surface area contributed by atoms with Crippen molar-refractivity contribution in [3.8, 4) is 0 Å². The highest BCUT2D eigenvalue weighted by Gasteiger charge is 2.02. The number of hydrogen-bond acceptors (Lipinski definition) is 3. The van der Waals surface area contributed by atoms with Gasteiger partial charge in [-0.25, -0.2) is 4.98 Å². The van der Waals surface area contributed by atoms with Crippen LogP contribution in [0.5, 0.6) is 0 Å². The zero-order valence-electron chi connectivity index (χ0n) is 11.6. The molecule has 1 heterocycles. The van der Waals surface area contributed by atoms with Crippen molar-refractivity contribution < 1.29 is 0 Å². The maximum Gasteiger partial charge on any atom is 0.131 e. The Labute approximate surface area is 129 Å². The van der Waals surface area contributed by atoms with Crippen molar-refractivity contribution in [2.24, 2.45) is 5.92 Å². The predicted octanol–water partition coefficient (Wildman–Crippen LogP) is 4.60. The molecule has 0 saturated carbocycles. The van der Waals surface area contributed by atoms with Crippen molar-refractivity contribution in [2.45, 2.75) is 26.8 Å². The Morgan fingerprint density at radius 2 is 2.00 bits per heavy atom. The van der Waals surface area contributed by atoms with E-state index in [0.29, 0.717) is 17.1 Å². The van der Waals surface area contributed by atoms with Gasteiger partial charge < -0.3 is 10.3 Å². The minimum atomic E-state index is 0.541. The van der Waals surface area contributed by atoms with Crippen LogP contribution in [0.15, 0.2) is 30.3 Å². The average Bonchev–Trinajstić information content (AvgIpc) is 2.36. The number of H-pyrrole nitrogens is 1. The van der Waals surface area contributed by atoms with Crippen molar-refractivity contribution in [3.05, 3.63) is 51.4 Å². The molecule has 5 heteroatoms. The summed E-state index contributed by atoms with van der Waals surface area (Å²) >= 11 is 11.1. The Bertz CT molecular complexity index is 620. The number of rotatable bonds is 5. The maximum atomic E-state index is 5.87. The van der Waals surface area contributed by atoms with Crippen LogP contribution in [-0.4, -0.2) is 9.97 Å². The molecule has 20 heavy (non-hydrogen) atoms. The third-order valence-corrected chi connectivity index (χ3v) is 3.25. The first kappa shape index (κ1) is 15.0. The standard InChI is InChI=1S/C15H18ClN3S/c1-10(2)7-14-18-13(8-15(20)19-14)17-9-11-3-5-12(16)6-4-11/h3-6,8,10H,7,9H2,1-2H3,(H2,17,18,19,20). The third-order valence-electron chi connectivity index (χ3n) is 2.79. The molecule has 0 aliphatic carbocycles. The third kappa shape index (κ3) is 4.62. The first-order chi connectivity index (χ1) is 9.52. The highest BCUT2D eigenvalue weighted by Crippen LogP contribution is 2.12. The fourth-order valence-electron chi connectivity index (χ4n) is 1.89. The van der Waals surface area contributed by atoms with Crippen LogP contribution < -0.4 is 5.32 Å². The Balaban J connectivity index is 2.07. The van der Waals surface area contributed by atoms with Crippen LogP contribution in [0.4, 0.5) is 5.82 Å². The summed E-state index contributed by atoms with van der Waals surface area (Å²) in [6.45, 7) is 5.03. The SMILES string of the molecule is CC(C)Cc1nc(=S)cc(NCc2ccc(Cl)cc2)[nH]1. The molecule has 0 saturated heterocycles. The van der Waals surface area contributed by atoms with E-state index in [1.165, 1.54) is 0 Å². The molecule has 0 spiro atoms. The molecule has 0 atom stereocenters. The fraction of sp³-hybridized carbons (Fsp3) is 0.333. The highest BCUT2D eigenvalue weighted by atomic mass is 35.5. The number of nitrogens with one attached hydrogen (secondary N) is 2. The van der Waals surface area contributed by atoms with Gasteiger partial charge in [0.05, 0.1) is 0 Å². The number of hydrogen-bond donors (Lipinski definition) is 2. The summed E-state index contributed by atoms with van der Waals surface area (Å²) in [7, 11) is 0. The first-order valence-corrected chi connectivity index (χ1v) is 7.40. The lowest BCUT2D eigenvalue weighted by atomic mass is 10.1. The lowest BCUT2D eigenvalue weighted by molar-refractivity contribution is 0.620. The van der Waals surface area contributed by atoms with Gasteiger partial charge in [-0.15, -0.1) is 0 Å². The van der Waals surface area contributed by atoms with Crippen LogP contribution >= 0.6 is 23.8 Å². The van der Waals surface area contributed by atoms with Gasteiger partial charge >= 0.3 is 0 Å². The summed E-state index contributed by atoms with van der Waals surface area (Å²) in [6.07, 6.45) is 0.889. The van der Waals surface area contributed by atoms with Gasteiger partial charge in [0, 0.05) is 24.1 Å².